The molecular weight excluding hydrogens is 272 g/mol. The van der Waals surface area contributed by atoms with Crippen molar-refractivity contribution in [3.63, 3.8) is 0 Å². The second kappa shape index (κ2) is 7.99. The molecule has 1 heterocycles. The van der Waals surface area contributed by atoms with Crippen LogP contribution in [-0.2, 0) is 0 Å². The average molecular weight is 297 g/mol. The van der Waals surface area contributed by atoms with Crippen molar-refractivity contribution in [2.45, 2.75) is 38.3 Å². The topological polar surface area (TPSA) is 35.5 Å². The lowest BCUT2D eigenvalue weighted by atomic mass is 10.0. The summed E-state index contributed by atoms with van der Waals surface area (Å²) in [6, 6.07) is 8.37. The number of nitrogens with zero attached hydrogens (tertiary/aromatic N) is 1. The molecule has 1 saturated heterocycles. The van der Waals surface area contributed by atoms with Crippen LogP contribution in [0.5, 0.6) is 0 Å². The van der Waals surface area contributed by atoms with Gasteiger partial charge in [0.25, 0.3) is 0 Å². The Balaban J connectivity index is 1.95. The van der Waals surface area contributed by atoms with Gasteiger partial charge in [-0.1, -0.05) is 36.7 Å². The monoisotopic (exact) mass is 296 g/mol. The molecule has 0 radical (unpaired) electrons. The molecule has 20 heavy (non-hydrogen) atoms. The van der Waals surface area contributed by atoms with Crippen LogP contribution in [0.2, 0.25) is 5.02 Å². The number of hydrogen-bond acceptors (Lipinski definition) is 3. The zero-order chi connectivity index (χ0) is 14.4. The van der Waals surface area contributed by atoms with E-state index in [1.165, 1.54) is 5.56 Å². The highest BCUT2D eigenvalue weighted by Gasteiger charge is 2.21. The molecule has 2 unspecified atom stereocenters. The van der Waals surface area contributed by atoms with E-state index in [-0.39, 0.29) is 6.10 Å². The predicted octanol–water partition coefficient (Wildman–Crippen LogP) is 2.84. The van der Waals surface area contributed by atoms with Crippen LogP contribution in [0.3, 0.4) is 0 Å². The Bertz CT molecular complexity index is 413. The third-order valence-electron chi connectivity index (χ3n) is 3.90. The smallest absolute Gasteiger partial charge is 0.0679 e. The molecule has 1 aliphatic heterocycles. The molecule has 1 fully saturated rings. The molecule has 0 spiro atoms. The highest BCUT2D eigenvalue weighted by atomic mass is 35.5. The van der Waals surface area contributed by atoms with E-state index in [1.54, 1.807) is 0 Å². The van der Waals surface area contributed by atoms with Gasteiger partial charge < -0.3 is 15.3 Å². The van der Waals surface area contributed by atoms with Crippen LogP contribution >= 0.6 is 11.6 Å². The van der Waals surface area contributed by atoms with Crippen molar-refractivity contribution >= 4 is 11.6 Å². The quantitative estimate of drug-likeness (QED) is 0.812. The Morgan fingerprint density at radius 3 is 2.90 bits per heavy atom. The van der Waals surface area contributed by atoms with Crippen molar-refractivity contribution in [1.29, 1.82) is 0 Å². The molecule has 2 atom stereocenters. The summed E-state index contributed by atoms with van der Waals surface area (Å²) in [6.45, 7) is 5.99. The van der Waals surface area contributed by atoms with Gasteiger partial charge in [0.05, 0.1) is 6.10 Å². The van der Waals surface area contributed by atoms with Gasteiger partial charge >= 0.3 is 0 Å². The predicted molar refractivity (Wildman–Crippen MR) is 84.2 cm³/mol. The molecule has 112 valence electrons. The molecule has 0 bridgehead atoms. The zero-order valence-corrected chi connectivity index (χ0v) is 12.9. The highest BCUT2D eigenvalue weighted by Crippen LogP contribution is 2.25. The number of hydrogen-bond donors (Lipinski definition) is 2. The van der Waals surface area contributed by atoms with E-state index in [9.17, 15) is 5.11 Å². The fourth-order valence-corrected chi connectivity index (χ4v) is 3.04. The first-order chi connectivity index (χ1) is 9.70. The Hall–Kier alpha value is -0.610. The molecule has 4 heteroatoms. The minimum atomic E-state index is -0.141. The third kappa shape index (κ3) is 4.45. The lowest BCUT2D eigenvalue weighted by molar-refractivity contribution is 0.174. The molecule has 0 aromatic heterocycles. The Morgan fingerprint density at radius 1 is 1.45 bits per heavy atom. The summed E-state index contributed by atoms with van der Waals surface area (Å²) in [4.78, 5) is 2.34. The van der Waals surface area contributed by atoms with E-state index >= 15 is 0 Å². The second-order valence-electron chi connectivity index (χ2n) is 5.56. The number of aliphatic hydroxyl groups excluding tert-OH is 1. The minimum Gasteiger partial charge on any atom is -0.392 e. The summed E-state index contributed by atoms with van der Waals surface area (Å²) in [7, 11) is 0. The summed E-state index contributed by atoms with van der Waals surface area (Å²) in [5.41, 5.74) is 1.18. The molecular formula is C16H25ClN2O. The largest absolute Gasteiger partial charge is 0.392 e. The van der Waals surface area contributed by atoms with Gasteiger partial charge in [-0.15, -0.1) is 0 Å². The van der Waals surface area contributed by atoms with Crippen LogP contribution in [-0.4, -0.2) is 42.3 Å². The SMILES string of the molecule is CCCNC(CCN1CCC(O)C1)c1ccccc1Cl. The van der Waals surface area contributed by atoms with Crippen LogP contribution < -0.4 is 5.32 Å². The summed E-state index contributed by atoms with van der Waals surface area (Å²) >= 11 is 6.32. The molecule has 1 aromatic carbocycles. The molecule has 2 rings (SSSR count). The number of nitrogens with one attached hydrogen (secondary N) is 1. The first kappa shape index (κ1) is 15.8. The number of likely N-dealkylation sites (tertiary alicyclic amines) is 1. The van der Waals surface area contributed by atoms with E-state index in [0.717, 1.165) is 50.5 Å². The van der Waals surface area contributed by atoms with Crippen molar-refractivity contribution in [3.05, 3.63) is 34.9 Å². The van der Waals surface area contributed by atoms with Crippen molar-refractivity contribution in [2.24, 2.45) is 0 Å². The van der Waals surface area contributed by atoms with E-state index in [0.29, 0.717) is 6.04 Å². The van der Waals surface area contributed by atoms with Gasteiger partial charge in [-0.05, 0) is 37.4 Å². The van der Waals surface area contributed by atoms with Crippen molar-refractivity contribution in [3.8, 4) is 0 Å². The first-order valence-electron chi connectivity index (χ1n) is 7.59. The maximum atomic E-state index is 9.59. The van der Waals surface area contributed by atoms with Gasteiger partial charge in [-0.3, -0.25) is 0 Å². The van der Waals surface area contributed by atoms with Crippen LogP contribution in [0, 0.1) is 0 Å². The van der Waals surface area contributed by atoms with Crippen LogP contribution in [0.4, 0.5) is 0 Å². The molecule has 0 aliphatic carbocycles. The van der Waals surface area contributed by atoms with E-state index in [4.69, 9.17) is 11.6 Å². The molecule has 1 aliphatic rings. The summed E-state index contributed by atoms with van der Waals surface area (Å²) < 4.78 is 0. The number of β-amino-alcohol motifs (C(OH)–C–C–N with tert-alkyl or cyclic N) is 1. The maximum Gasteiger partial charge on any atom is 0.0679 e. The van der Waals surface area contributed by atoms with Gasteiger partial charge in [0.2, 0.25) is 0 Å². The Morgan fingerprint density at radius 2 is 2.25 bits per heavy atom. The van der Waals surface area contributed by atoms with E-state index < -0.39 is 0 Å². The fourth-order valence-electron chi connectivity index (χ4n) is 2.77. The average Bonchev–Trinajstić information content (AvgIpc) is 2.86. The Labute approximate surface area is 126 Å². The maximum absolute atomic E-state index is 9.59. The number of benzene rings is 1. The highest BCUT2D eigenvalue weighted by molar-refractivity contribution is 6.31. The van der Waals surface area contributed by atoms with E-state index in [2.05, 4.69) is 23.2 Å². The number of halogens is 1. The lowest BCUT2D eigenvalue weighted by Crippen LogP contribution is -2.29. The van der Waals surface area contributed by atoms with Crippen molar-refractivity contribution < 1.29 is 5.11 Å². The van der Waals surface area contributed by atoms with Gasteiger partial charge in [-0.25, -0.2) is 0 Å². The second-order valence-corrected chi connectivity index (χ2v) is 5.97. The molecule has 3 nitrogen and oxygen atoms in total. The van der Waals surface area contributed by atoms with Crippen molar-refractivity contribution in [1.82, 2.24) is 10.2 Å². The summed E-state index contributed by atoms with van der Waals surface area (Å²) in [6.07, 6.45) is 2.90. The third-order valence-corrected chi connectivity index (χ3v) is 4.25. The molecule has 0 amide bonds. The molecule has 1 aromatic rings. The van der Waals surface area contributed by atoms with Crippen molar-refractivity contribution in [2.75, 3.05) is 26.2 Å². The van der Waals surface area contributed by atoms with Gasteiger partial charge in [0.15, 0.2) is 0 Å². The van der Waals surface area contributed by atoms with Crippen LogP contribution in [0.1, 0.15) is 37.8 Å². The molecule has 2 N–H and O–H groups in total. The van der Waals surface area contributed by atoms with E-state index in [1.807, 2.05) is 18.2 Å². The van der Waals surface area contributed by atoms with Gasteiger partial charge in [0.1, 0.15) is 0 Å². The fraction of sp³-hybridized carbons (Fsp3) is 0.625. The van der Waals surface area contributed by atoms with Crippen LogP contribution in [0.25, 0.3) is 0 Å². The summed E-state index contributed by atoms with van der Waals surface area (Å²) in [5.74, 6) is 0. The number of rotatable bonds is 7. The Kier molecular flexibility index (Phi) is 6.30. The van der Waals surface area contributed by atoms with Crippen LogP contribution in [0.15, 0.2) is 24.3 Å². The summed E-state index contributed by atoms with van der Waals surface area (Å²) in [5, 5.41) is 14.0. The lowest BCUT2D eigenvalue weighted by Gasteiger charge is -2.23. The standard InChI is InChI=1S/C16H25ClN2O/c1-2-9-18-16(14-5-3-4-6-15(14)17)8-11-19-10-7-13(20)12-19/h3-6,13,16,18,20H,2,7-12H2,1H3. The van der Waals surface area contributed by atoms with Gasteiger partial charge in [0, 0.05) is 30.7 Å². The van der Waals surface area contributed by atoms with Gasteiger partial charge in [-0.2, -0.15) is 0 Å². The minimum absolute atomic E-state index is 0.141. The number of aliphatic hydroxyl groups is 1. The molecule has 0 saturated carbocycles. The normalized spacial score (nSPS) is 21.2. The zero-order valence-electron chi connectivity index (χ0n) is 12.2. The first-order valence-corrected chi connectivity index (χ1v) is 7.96.